The first kappa shape index (κ1) is 25.9. The van der Waals surface area contributed by atoms with Crippen molar-refractivity contribution in [2.24, 2.45) is 4.99 Å². The molecule has 0 fully saturated rings. The fourth-order valence-corrected chi connectivity index (χ4v) is 5.70. The molecule has 1 atom stereocenters. The van der Waals surface area contributed by atoms with Gasteiger partial charge in [-0.1, -0.05) is 94.9 Å². The molecule has 4 aromatic rings. The summed E-state index contributed by atoms with van der Waals surface area (Å²) in [4.78, 5) is 32.0. The van der Waals surface area contributed by atoms with E-state index in [4.69, 9.17) is 14.5 Å². The van der Waals surface area contributed by atoms with Gasteiger partial charge in [0.25, 0.3) is 5.56 Å². The minimum atomic E-state index is -0.624. The van der Waals surface area contributed by atoms with Crippen molar-refractivity contribution in [3.63, 3.8) is 0 Å². The topological polar surface area (TPSA) is 69.9 Å². The zero-order valence-corrected chi connectivity index (χ0v) is 23.3. The number of hydrogen-bond acceptors (Lipinski definition) is 6. The van der Waals surface area contributed by atoms with Gasteiger partial charge in [-0.05, 0) is 41.8 Å². The predicted molar refractivity (Wildman–Crippen MR) is 152 cm³/mol. The molecule has 1 aliphatic heterocycles. The summed E-state index contributed by atoms with van der Waals surface area (Å²) in [5.41, 5.74) is 3.43. The summed E-state index contributed by atoms with van der Waals surface area (Å²) in [6.45, 7) is 2.34. The lowest BCUT2D eigenvalue weighted by molar-refractivity contribution is -0.136. The summed E-state index contributed by atoms with van der Waals surface area (Å²) < 4.78 is 14.4. The summed E-state index contributed by atoms with van der Waals surface area (Å²) in [6, 6.07) is 24.5. The van der Waals surface area contributed by atoms with Gasteiger partial charge in [-0.2, -0.15) is 0 Å². The van der Waals surface area contributed by atoms with Crippen LogP contribution >= 0.6 is 27.3 Å². The summed E-state index contributed by atoms with van der Waals surface area (Å²) in [5.74, 6) is 0.186. The minimum Gasteiger partial charge on any atom is -0.488 e. The van der Waals surface area contributed by atoms with E-state index >= 15 is 0 Å². The van der Waals surface area contributed by atoms with Gasteiger partial charge >= 0.3 is 5.97 Å². The number of ether oxygens (including phenoxy) is 2. The van der Waals surface area contributed by atoms with E-state index in [2.05, 4.69) is 15.9 Å². The van der Waals surface area contributed by atoms with Crippen molar-refractivity contribution in [2.75, 3.05) is 7.11 Å². The molecule has 38 heavy (non-hydrogen) atoms. The van der Waals surface area contributed by atoms with Crippen LogP contribution in [0.5, 0.6) is 5.75 Å². The summed E-state index contributed by atoms with van der Waals surface area (Å²) in [6.07, 6.45) is 2.36. The molecule has 2 heterocycles. The third-order valence-electron chi connectivity index (χ3n) is 6.28. The van der Waals surface area contributed by atoms with Crippen LogP contribution in [0.1, 0.15) is 36.1 Å². The highest BCUT2D eigenvalue weighted by Gasteiger charge is 2.33. The molecule has 0 N–H and O–H groups in total. The second-order valence-electron chi connectivity index (χ2n) is 8.65. The van der Waals surface area contributed by atoms with E-state index < -0.39 is 12.0 Å². The van der Waals surface area contributed by atoms with Crippen LogP contribution in [0.2, 0.25) is 0 Å². The lowest BCUT2D eigenvalue weighted by Crippen LogP contribution is -2.40. The Balaban J connectivity index is 1.60. The van der Waals surface area contributed by atoms with Crippen molar-refractivity contribution in [2.45, 2.75) is 26.0 Å². The molecule has 0 unspecified atom stereocenters. The average Bonchev–Trinajstić information content (AvgIpc) is 3.26. The number of methoxy groups -OCH3 is 1. The number of carbonyl (C=O) groups is 1. The Bertz CT molecular complexity index is 1690. The Labute approximate surface area is 232 Å². The Morgan fingerprint density at radius 1 is 1.05 bits per heavy atom. The number of thiazole rings is 1. The van der Waals surface area contributed by atoms with Crippen molar-refractivity contribution in [3.8, 4) is 5.75 Å². The van der Waals surface area contributed by atoms with Crippen molar-refractivity contribution in [1.29, 1.82) is 0 Å². The van der Waals surface area contributed by atoms with Crippen LogP contribution in [0.4, 0.5) is 0 Å². The molecular formula is C30H25BrN2O4S. The van der Waals surface area contributed by atoms with Gasteiger partial charge in [-0.15, -0.1) is 0 Å². The van der Waals surface area contributed by atoms with Crippen LogP contribution < -0.4 is 19.6 Å². The number of aromatic nitrogens is 1. The highest BCUT2D eigenvalue weighted by Crippen LogP contribution is 2.31. The van der Waals surface area contributed by atoms with Crippen molar-refractivity contribution < 1.29 is 14.3 Å². The van der Waals surface area contributed by atoms with Crippen LogP contribution in [0.15, 0.2) is 104 Å². The number of rotatable bonds is 7. The first-order chi connectivity index (χ1) is 18.5. The van der Waals surface area contributed by atoms with Crippen molar-refractivity contribution in [1.82, 2.24) is 4.57 Å². The van der Waals surface area contributed by atoms with Crippen molar-refractivity contribution in [3.05, 3.63) is 131 Å². The molecule has 6 nitrogen and oxygen atoms in total. The number of fused-ring (bicyclic) bond motifs is 1. The number of hydrogen-bond donors (Lipinski definition) is 0. The molecular weight excluding hydrogens is 564 g/mol. The van der Waals surface area contributed by atoms with Crippen LogP contribution in [0.25, 0.3) is 6.08 Å². The van der Waals surface area contributed by atoms with Crippen LogP contribution in [0.3, 0.4) is 0 Å². The normalized spacial score (nSPS) is 15.1. The second-order valence-corrected chi connectivity index (χ2v) is 10.6. The van der Waals surface area contributed by atoms with Gasteiger partial charge in [-0.25, -0.2) is 9.79 Å². The lowest BCUT2D eigenvalue weighted by atomic mass is 9.95. The second kappa shape index (κ2) is 11.3. The lowest BCUT2D eigenvalue weighted by Gasteiger charge is -2.25. The molecule has 8 heteroatoms. The van der Waals surface area contributed by atoms with E-state index in [0.717, 1.165) is 21.2 Å². The number of para-hydroxylation sites is 1. The third-order valence-corrected chi connectivity index (χ3v) is 7.79. The zero-order chi connectivity index (χ0) is 26.6. The first-order valence-electron chi connectivity index (χ1n) is 12.1. The third kappa shape index (κ3) is 5.14. The molecule has 192 valence electrons. The van der Waals surface area contributed by atoms with E-state index in [1.165, 1.54) is 18.4 Å². The summed E-state index contributed by atoms with van der Waals surface area (Å²) >= 11 is 4.75. The Kier molecular flexibility index (Phi) is 7.72. The van der Waals surface area contributed by atoms with Crippen LogP contribution in [-0.4, -0.2) is 17.6 Å². The average molecular weight is 590 g/mol. The Hall–Kier alpha value is -3.75. The van der Waals surface area contributed by atoms with E-state index in [1.807, 2.05) is 91.9 Å². The van der Waals surface area contributed by atoms with Gasteiger partial charge < -0.3 is 9.47 Å². The summed E-state index contributed by atoms with van der Waals surface area (Å²) in [5, 5.41) is 0. The van der Waals surface area contributed by atoms with E-state index in [1.54, 1.807) is 4.57 Å². The fourth-order valence-electron chi connectivity index (χ4n) is 4.43. The van der Waals surface area contributed by atoms with Gasteiger partial charge in [0.15, 0.2) is 4.80 Å². The quantitative estimate of drug-likeness (QED) is 0.280. The number of benzene rings is 3. The Morgan fingerprint density at radius 2 is 1.76 bits per heavy atom. The smallest absolute Gasteiger partial charge is 0.338 e. The van der Waals surface area contributed by atoms with Crippen LogP contribution in [0, 0.1) is 0 Å². The van der Waals surface area contributed by atoms with Crippen molar-refractivity contribution >= 4 is 39.3 Å². The van der Waals surface area contributed by atoms with Crippen LogP contribution in [-0.2, 0) is 16.1 Å². The SMILES string of the molecule is CCC1=C(C(=O)OC)[C@@H](c2ccccc2)n2c(s/c(=C\c3ccccc3OCc3ccc(Br)cc3)c2=O)=N1. The van der Waals surface area contributed by atoms with Gasteiger partial charge in [0.05, 0.1) is 29.0 Å². The first-order valence-corrected chi connectivity index (χ1v) is 13.8. The minimum absolute atomic E-state index is 0.220. The van der Waals surface area contributed by atoms with Gasteiger partial charge in [0.2, 0.25) is 0 Å². The summed E-state index contributed by atoms with van der Waals surface area (Å²) in [7, 11) is 1.35. The maximum absolute atomic E-state index is 13.8. The molecule has 1 aliphatic rings. The number of carbonyl (C=O) groups excluding carboxylic acids is 1. The molecule has 0 aliphatic carbocycles. The molecule has 0 bridgehead atoms. The van der Waals surface area contributed by atoms with Gasteiger partial charge in [0, 0.05) is 10.0 Å². The van der Waals surface area contributed by atoms with E-state index in [-0.39, 0.29) is 5.56 Å². The standard InChI is InChI=1S/C30H25BrN2O4S/c1-3-23-26(29(35)36-2)27(20-9-5-4-6-10-20)33-28(34)25(38-30(33)32-23)17-21-11-7-8-12-24(21)37-18-19-13-15-22(31)16-14-19/h4-17,27H,3,18H2,1-2H3/b25-17-/t27-/m1/s1. The highest BCUT2D eigenvalue weighted by molar-refractivity contribution is 9.10. The maximum Gasteiger partial charge on any atom is 0.338 e. The molecule has 5 rings (SSSR count). The van der Waals surface area contributed by atoms with E-state index in [9.17, 15) is 9.59 Å². The molecule has 0 spiro atoms. The molecule has 0 saturated carbocycles. The molecule has 1 aromatic heterocycles. The zero-order valence-electron chi connectivity index (χ0n) is 20.9. The fraction of sp³-hybridized carbons (Fsp3) is 0.167. The predicted octanol–water partition coefficient (Wildman–Crippen LogP) is 5.14. The number of halogens is 1. The number of esters is 1. The maximum atomic E-state index is 13.8. The number of nitrogens with zero attached hydrogens (tertiary/aromatic N) is 2. The Morgan fingerprint density at radius 3 is 2.47 bits per heavy atom. The highest BCUT2D eigenvalue weighted by atomic mass is 79.9. The molecule has 0 saturated heterocycles. The van der Waals surface area contributed by atoms with Gasteiger partial charge in [-0.3, -0.25) is 9.36 Å². The molecule has 3 aromatic carbocycles. The number of allylic oxidation sites excluding steroid dienone is 1. The monoisotopic (exact) mass is 588 g/mol. The van der Waals surface area contributed by atoms with Gasteiger partial charge in [0.1, 0.15) is 12.4 Å². The largest absolute Gasteiger partial charge is 0.488 e. The van der Waals surface area contributed by atoms with E-state index in [0.29, 0.717) is 39.4 Å². The molecule has 0 radical (unpaired) electrons. The molecule has 0 amide bonds.